The molecule has 30 heavy (non-hydrogen) atoms. The molecule has 0 radical (unpaired) electrons. The van der Waals surface area contributed by atoms with E-state index in [0.717, 1.165) is 37.0 Å². The van der Waals surface area contributed by atoms with Crippen LogP contribution in [0, 0.1) is 0 Å². The predicted octanol–water partition coefficient (Wildman–Crippen LogP) is 2.48. The Morgan fingerprint density at radius 1 is 1.10 bits per heavy atom. The smallest absolute Gasteiger partial charge is 0.319 e. The number of amides is 3. The van der Waals surface area contributed by atoms with Crippen molar-refractivity contribution >= 4 is 33.5 Å². The number of carbonyl (C=O) groups is 2. The van der Waals surface area contributed by atoms with E-state index in [-0.39, 0.29) is 11.9 Å². The highest BCUT2D eigenvalue weighted by Crippen LogP contribution is 2.32. The normalized spacial score (nSPS) is 26.9. The lowest BCUT2D eigenvalue weighted by atomic mass is 9.92. The second-order valence-corrected chi connectivity index (χ2v) is 9.42. The summed E-state index contributed by atoms with van der Waals surface area (Å²) in [4.78, 5) is 33.2. The molecule has 2 fully saturated rings. The first-order valence-corrected chi connectivity index (χ1v) is 11.2. The summed E-state index contributed by atoms with van der Waals surface area (Å²) in [7, 11) is 0. The quantitative estimate of drug-likeness (QED) is 0.636. The molecule has 3 aromatic rings. The Morgan fingerprint density at radius 2 is 1.80 bits per heavy atom. The van der Waals surface area contributed by atoms with E-state index in [2.05, 4.69) is 23.5 Å². The fourth-order valence-corrected chi connectivity index (χ4v) is 5.66. The van der Waals surface area contributed by atoms with Gasteiger partial charge in [-0.05, 0) is 24.6 Å². The molecule has 2 aromatic carbocycles. The van der Waals surface area contributed by atoms with E-state index >= 15 is 0 Å². The number of para-hydroxylation sites is 1. The number of aromatic nitrogens is 1. The number of urea groups is 1. The minimum Gasteiger partial charge on any atom is -0.319 e. The predicted molar refractivity (Wildman–Crippen MR) is 116 cm³/mol. The van der Waals surface area contributed by atoms with Crippen LogP contribution in [0.4, 0.5) is 4.79 Å². The summed E-state index contributed by atoms with van der Waals surface area (Å²) in [5.41, 5.74) is 0.902. The van der Waals surface area contributed by atoms with Gasteiger partial charge in [0.25, 0.3) is 5.91 Å². The zero-order chi connectivity index (χ0) is 20.7. The Hall–Kier alpha value is -2.77. The summed E-state index contributed by atoms with van der Waals surface area (Å²) in [6.45, 7) is 4.07. The largest absolute Gasteiger partial charge is 0.329 e. The number of hydrogen-bond donors (Lipinski definition) is 2. The number of benzene rings is 2. The molecule has 1 aromatic heterocycles. The number of fused-ring (bicyclic) bond motifs is 1. The van der Waals surface area contributed by atoms with Crippen molar-refractivity contribution in [3.05, 3.63) is 65.2 Å². The number of nitrogens with zero attached hydrogens (tertiary/aromatic N) is 2. The third kappa shape index (κ3) is 3.28. The number of nitrogens with one attached hydrogen (secondary N) is 2. The summed E-state index contributed by atoms with van der Waals surface area (Å²) in [6.07, 6.45) is 2.05. The highest BCUT2D eigenvalue weighted by Gasteiger charge is 2.50. The maximum absolute atomic E-state index is 13.1. The van der Waals surface area contributed by atoms with Crippen molar-refractivity contribution in [1.29, 1.82) is 0 Å². The molecular weight excluding hydrogens is 396 g/mol. The summed E-state index contributed by atoms with van der Waals surface area (Å²) < 4.78 is 1.24. The van der Waals surface area contributed by atoms with Crippen LogP contribution in [0.25, 0.3) is 10.2 Å². The van der Waals surface area contributed by atoms with Crippen LogP contribution in [0.3, 0.4) is 0 Å². The molecule has 3 heterocycles. The first-order chi connectivity index (χ1) is 14.5. The van der Waals surface area contributed by atoms with Crippen molar-refractivity contribution in [2.75, 3.05) is 19.8 Å². The Kier molecular flexibility index (Phi) is 4.79. The van der Waals surface area contributed by atoms with E-state index in [1.54, 1.807) is 18.3 Å². The monoisotopic (exact) mass is 421 g/mol. The maximum Gasteiger partial charge on any atom is 0.329 e. The van der Waals surface area contributed by atoms with Gasteiger partial charge in [-0.15, -0.1) is 11.3 Å². The van der Waals surface area contributed by atoms with E-state index in [4.69, 9.17) is 4.98 Å². The Morgan fingerprint density at radius 3 is 2.53 bits per heavy atom. The molecule has 0 unspecified atom stereocenters. The lowest BCUT2D eigenvalue weighted by Gasteiger charge is -2.30. The zero-order valence-corrected chi connectivity index (χ0v) is 17.7. The molecule has 1 atom stereocenters. The first kappa shape index (κ1) is 19.2. The van der Waals surface area contributed by atoms with Gasteiger partial charge in [-0.25, -0.2) is 14.7 Å². The van der Waals surface area contributed by atoms with Crippen LogP contribution in [-0.2, 0) is 10.3 Å². The number of quaternary nitrogens is 1. The Labute approximate surface area is 179 Å². The molecule has 2 N–H and O–H groups in total. The van der Waals surface area contributed by atoms with Crippen LogP contribution < -0.4 is 10.2 Å². The molecule has 0 aliphatic carbocycles. The summed E-state index contributed by atoms with van der Waals surface area (Å²) >= 11 is 1.79. The SMILES string of the molecule is C[C@]1(c2ccccc2)NC(=O)N(C[NH+]2CCC(c3nc4ccccc4s3)CC2)C1=O. The van der Waals surface area contributed by atoms with Gasteiger partial charge in [0.2, 0.25) is 0 Å². The fraction of sp³-hybridized carbons (Fsp3) is 0.348. The number of likely N-dealkylation sites (tertiary alicyclic amines) is 1. The molecule has 0 saturated carbocycles. The summed E-state index contributed by atoms with van der Waals surface area (Å²) in [5, 5.41) is 4.11. The molecule has 2 saturated heterocycles. The van der Waals surface area contributed by atoms with Crippen molar-refractivity contribution < 1.29 is 14.5 Å². The lowest BCUT2D eigenvalue weighted by molar-refractivity contribution is -0.912. The van der Waals surface area contributed by atoms with Crippen molar-refractivity contribution in [1.82, 2.24) is 15.2 Å². The number of rotatable bonds is 4. The van der Waals surface area contributed by atoms with E-state index < -0.39 is 5.54 Å². The van der Waals surface area contributed by atoms with Gasteiger partial charge in [0.05, 0.1) is 28.3 Å². The van der Waals surface area contributed by atoms with E-state index in [1.807, 2.05) is 36.4 Å². The number of piperidine rings is 1. The average Bonchev–Trinajstić information content (AvgIpc) is 3.30. The van der Waals surface area contributed by atoms with E-state index in [1.165, 1.54) is 19.5 Å². The fourth-order valence-electron chi connectivity index (χ4n) is 4.53. The van der Waals surface area contributed by atoms with Gasteiger partial charge >= 0.3 is 6.03 Å². The number of carbonyl (C=O) groups excluding carboxylic acids is 2. The molecule has 6 nitrogen and oxygen atoms in total. The third-order valence-electron chi connectivity index (χ3n) is 6.36. The van der Waals surface area contributed by atoms with Gasteiger partial charge in [-0.1, -0.05) is 42.5 Å². The molecule has 2 aliphatic rings. The van der Waals surface area contributed by atoms with Crippen LogP contribution in [0.1, 0.15) is 36.3 Å². The van der Waals surface area contributed by atoms with Gasteiger partial charge in [0, 0.05) is 18.8 Å². The standard InChI is InChI=1S/C23H24N4O2S/c1-23(17-7-3-2-4-8-17)21(28)27(22(29)25-23)15-26-13-11-16(12-14-26)20-24-18-9-5-6-10-19(18)30-20/h2-10,16H,11-15H2,1H3,(H,25,29)/p+1/t23-/m1/s1. The Bertz CT molecular complexity index is 1060. The number of thiazole rings is 1. The minimum atomic E-state index is -0.989. The molecule has 7 heteroatoms. The van der Waals surface area contributed by atoms with Crippen LogP contribution >= 0.6 is 11.3 Å². The van der Waals surface area contributed by atoms with Gasteiger partial charge in [-0.3, -0.25) is 4.79 Å². The first-order valence-electron chi connectivity index (χ1n) is 10.4. The van der Waals surface area contributed by atoms with Crippen molar-refractivity contribution in [2.45, 2.75) is 31.2 Å². The summed E-state index contributed by atoms with van der Waals surface area (Å²) in [5.74, 6) is 0.295. The molecule has 3 amide bonds. The minimum absolute atomic E-state index is 0.167. The van der Waals surface area contributed by atoms with Gasteiger partial charge in [-0.2, -0.15) is 0 Å². The molecule has 0 spiro atoms. The van der Waals surface area contributed by atoms with E-state index in [9.17, 15) is 9.59 Å². The van der Waals surface area contributed by atoms with Gasteiger partial charge in [0.15, 0.2) is 6.67 Å². The van der Waals surface area contributed by atoms with Crippen LogP contribution in [0.15, 0.2) is 54.6 Å². The van der Waals surface area contributed by atoms with E-state index in [0.29, 0.717) is 12.6 Å². The number of hydrogen-bond acceptors (Lipinski definition) is 4. The van der Waals surface area contributed by atoms with Crippen molar-refractivity contribution in [3.63, 3.8) is 0 Å². The Balaban J connectivity index is 1.24. The molecule has 0 bridgehead atoms. The second kappa shape index (κ2) is 7.49. The van der Waals surface area contributed by atoms with Crippen molar-refractivity contribution in [2.24, 2.45) is 0 Å². The highest BCUT2D eigenvalue weighted by molar-refractivity contribution is 7.18. The third-order valence-corrected chi connectivity index (χ3v) is 7.56. The van der Waals surface area contributed by atoms with Crippen LogP contribution in [-0.4, -0.2) is 41.6 Å². The molecule has 2 aliphatic heterocycles. The highest BCUT2D eigenvalue weighted by atomic mass is 32.1. The van der Waals surface area contributed by atoms with Crippen LogP contribution in [0.2, 0.25) is 0 Å². The topological polar surface area (TPSA) is 66.7 Å². The lowest BCUT2D eigenvalue weighted by Crippen LogP contribution is -3.14. The molecule has 154 valence electrons. The molecule has 5 rings (SSSR count). The average molecular weight is 422 g/mol. The van der Waals surface area contributed by atoms with Crippen molar-refractivity contribution in [3.8, 4) is 0 Å². The van der Waals surface area contributed by atoms with Gasteiger partial charge in [0.1, 0.15) is 5.54 Å². The zero-order valence-electron chi connectivity index (χ0n) is 16.9. The van der Waals surface area contributed by atoms with Crippen LogP contribution in [0.5, 0.6) is 0 Å². The second-order valence-electron chi connectivity index (χ2n) is 8.36. The van der Waals surface area contributed by atoms with Gasteiger partial charge < -0.3 is 10.2 Å². The molecular formula is C23H25N4O2S+. The number of imide groups is 1. The maximum atomic E-state index is 13.1. The summed E-state index contributed by atoms with van der Waals surface area (Å²) in [6, 6.07) is 17.4.